The van der Waals surface area contributed by atoms with Crippen LogP contribution in [0.1, 0.15) is 30.1 Å². The Morgan fingerprint density at radius 1 is 1.58 bits per heavy atom. The van der Waals surface area contributed by atoms with E-state index in [-0.39, 0.29) is 11.9 Å². The van der Waals surface area contributed by atoms with Gasteiger partial charge in [-0.25, -0.2) is 0 Å². The van der Waals surface area contributed by atoms with Gasteiger partial charge in [-0.05, 0) is 95.5 Å². The number of amides is 1. The van der Waals surface area contributed by atoms with Gasteiger partial charge in [-0.1, -0.05) is 0 Å². The van der Waals surface area contributed by atoms with Gasteiger partial charge in [0.2, 0.25) is 0 Å². The summed E-state index contributed by atoms with van der Waals surface area (Å²) in [6.45, 7) is 4.19. The Labute approximate surface area is 136 Å². The average Bonchev–Trinajstić information content (AvgIpc) is 2.42. The van der Waals surface area contributed by atoms with Crippen LogP contribution in [0.5, 0.6) is 0 Å². The second-order valence-corrected chi connectivity index (χ2v) is 7.09. The van der Waals surface area contributed by atoms with Crippen molar-refractivity contribution in [3.05, 3.63) is 31.8 Å². The van der Waals surface area contributed by atoms with Gasteiger partial charge in [-0.15, -0.1) is 0 Å². The molecule has 1 heterocycles. The minimum absolute atomic E-state index is 0.00321. The van der Waals surface area contributed by atoms with E-state index in [1.54, 1.807) is 0 Å². The normalized spacial score (nSPS) is 20.9. The minimum atomic E-state index is 0.00321. The molecule has 1 aromatic rings. The molecule has 0 aromatic heterocycles. The highest BCUT2D eigenvalue weighted by atomic mass is 127. The second kappa shape index (κ2) is 7.04. The Morgan fingerprint density at radius 2 is 2.37 bits per heavy atom. The zero-order valence-corrected chi connectivity index (χ0v) is 14.6. The van der Waals surface area contributed by atoms with E-state index in [2.05, 4.69) is 56.1 Å². The molecule has 1 saturated heterocycles. The van der Waals surface area contributed by atoms with Crippen LogP contribution in [-0.4, -0.2) is 25.0 Å². The molecule has 104 valence electrons. The molecule has 3 nitrogen and oxygen atoms in total. The Hall–Kier alpha value is -0.140. The number of hydrogen-bond donors (Lipinski definition) is 2. The van der Waals surface area contributed by atoms with Gasteiger partial charge >= 0.3 is 0 Å². The average molecular weight is 437 g/mol. The van der Waals surface area contributed by atoms with Crippen LogP contribution < -0.4 is 10.6 Å². The zero-order chi connectivity index (χ0) is 13.8. The smallest absolute Gasteiger partial charge is 0.252 e. The summed E-state index contributed by atoms with van der Waals surface area (Å²) in [5.41, 5.74) is 0.711. The molecule has 0 aliphatic carbocycles. The fourth-order valence-corrected chi connectivity index (χ4v) is 3.30. The maximum Gasteiger partial charge on any atom is 0.252 e. The zero-order valence-electron chi connectivity index (χ0n) is 10.9. The summed E-state index contributed by atoms with van der Waals surface area (Å²) in [4.78, 5) is 12.3. The lowest BCUT2D eigenvalue weighted by molar-refractivity contribution is 0.0921. The predicted octanol–water partition coefficient (Wildman–Crippen LogP) is 3.17. The number of piperidine rings is 1. The minimum Gasteiger partial charge on any atom is -0.349 e. The van der Waals surface area contributed by atoms with Crippen LogP contribution in [0.15, 0.2) is 22.7 Å². The summed E-state index contributed by atoms with van der Waals surface area (Å²) in [5.74, 6) is 0.530. The number of carbonyl (C=O) groups excluding carboxylic acids is 1. The quantitative estimate of drug-likeness (QED) is 0.714. The molecule has 0 saturated carbocycles. The maximum absolute atomic E-state index is 12.3. The van der Waals surface area contributed by atoms with E-state index in [1.165, 1.54) is 12.8 Å². The van der Waals surface area contributed by atoms with Crippen LogP contribution in [-0.2, 0) is 0 Å². The van der Waals surface area contributed by atoms with E-state index in [0.717, 1.165) is 21.1 Å². The van der Waals surface area contributed by atoms with Crippen LogP contribution in [0.2, 0.25) is 0 Å². The second-order valence-electron chi connectivity index (χ2n) is 4.99. The highest BCUT2D eigenvalue weighted by Gasteiger charge is 2.22. The van der Waals surface area contributed by atoms with Crippen LogP contribution in [0.3, 0.4) is 0 Å². The molecular weight excluding hydrogens is 419 g/mol. The first-order chi connectivity index (χ1) is 9.08. The van der Waals surface area contributed by atoms with Crippen molar-refractivity contribution in [2.45, 2.75) is 25.8 Å². The van der Waals surface area contributed by atoms with Gasteiger partial charge in [0.05, 0.1) is 5.56 Å². The number of nitrogens with one attached hydrogen (secondary N) is 2. The molecule has 2 atom stereocenters. The summed E-state index contributed by atoms with van der Waals surface area (Å²) in [5, 5.41) is 6.51. The van der Waals surface area contributed by atoms with Gasteiger partial charge in [0, 0.05) is 14.1 Å². The number of hydrogen-bond acceptors (Lipinski definition) is 2. The Balaban J connectivity index is 2.01. The summed E-state index contributed by atoms with van der Waals surface area (Å²) in [6, 6.07) is 6.01. The molecule has 0 radical (unpaired) electrons. The van der Waals surface area contributed by atoms with Gasteiger partial charge < -0.3 is 10.6 Å². The molecular formula is C14H18BrIN2O. The third-order valence-electron chi connectivity index (χ3n) is 3.57. The Morgan fingerprint density at radius 3 is 3.05 bits per heavy atom. The van der Waals surface area contributed by atoms with Crippen LogP contribution >= 0.6 is 38.5 Å². The molecule has 0 bridgehead atoms. The van der Waals surface area contributed by atoms with E-state index in [1.807, 2.05) is 18.2 Å². The third kappa shape index (κ3) is 4.16. The first-order valence-corrected chi connectivity index (χ1v) is 8.41. The van der Waals surface area contributed by atoms with Crippen LogP contribution in [0, 0.1) is 9.49 Å². The van der Waals surface area contributed by atoms with Gasteiger partial charge in [0.1, 0.15) is 0 Å². The molecule has 1 fully saturated rings. The number of carbonyl (C=O) groups is 1. The van der Waals surface area contributed by atoms with E-state index in [9.17, 15) is 4.79 Å². The first-order valence-electron chi connectivity index (χ1n) is 6.54. The van der Waals surface area contributed by atoms with Crippen molar-refractivity contribution in [1.82, 2.24) is 10.6 Å². The summed E-state index contributed by atoms with van der Waals surface area (Å²) >= 11 is 5.66. The van der Waals surface area contributed by atoms with Crippen molar-refractivity contribution in [3.63, 3.8) is 0 Å². The molecule has 1 aliphatic heterocycles. The lowest BCUT2D eigenvalue weighted by Crippen LogP contribution is -2.44. The van der Waals surface area contributed by atoms with Gasteiger partial charge in [0.15, 0.2) is 0 Å². The largest absolute Gasteiger partial charge is 0.349 e. The lowest BCUT2D eigenvalue weighted by Gasteiger charge is -2.29. The molecule has 19 heavy (non-hydrogen) atoms. The van der Waals surface area contributed by atoms with Crippen molar-refractivity contribution in [2.24, 2.45) is 5.92 Å². The first kappa shape index (κ1) is 15.3. The number of halogens is 2. The molecule has 1 aromatic carbocycles. The van der Waals surface area contributed by atoms with Gasteiger partial charge in [0.25, 0.3) is 5.91 Å². The van der Waals surface area contributed by atoms with E-state index >= 15 is 0 Å². The fraction of sp³-hybridized carbons (Fsp3) is 0.500. The third-order valence-corrected chi connectivity index (χ3v) is 4.94. The van der Waals surface area contributed by atoms with Crippen molar-refractivity contribution >= 4 is 44.4 Å². The fourth-order valence-electron chi connectivity index (χ4n) is 2.38. The molecule has 1 amide bonds. The van der Waals surface area contributed by atoms with Crippen molar-refractivity contribution in [3.8, 4) is 0 Å². The van der Waals surface area contributed by atoms with Crippen LogP contribution in [0.4, 0.5) is 0 Å². The summed E-state index contributed by atoms with van der Waals surface area (Å²) in [6.07, 6.45) is 2.37. The van der Waals surface area contributed by atoms with Gasteiger partial charge in [-0.2, -0.15) is 0 Å². The highest BCUT2D eigenvalue weighted by molar-refractivity contribution is 14.1. The molecule has 2 unspecified atom stereocenters. The summed E-state index contributed by atoms with van der Waals surface area (Å²) < 4.78 is 1.91. The van der Waals surface area contributed by atoms with E-state index in [0.29, 0.717) is 11.5 Å². The monoisotopic (exact) mass is 436 g/mol. The van der Waals surface area contributed by atoms with Crippen molar-refractivity contribution in [2.75, 3.05) is 13.1 Å². The number of benzene rings is 1. The van der Waals surface area contributed by atoms with Gasteiger partial charge in [-0.3, -0.25) is 4.79 Å². The topological polar surface area (TPSA) is 41.1 Å². The predicted molar refractivity (Wildman–Crippen MR) is 89.4 cm³/mol. The highest BCUT2D eigenvalue weighted by Crippen LogP contribution is 2.20. The van der Waals surface area contributed by atoms with Crippen molar-refractivity contribution in [1.29, 1.82) is 0 Å². The number of rotatable bonds is 3. The van der Waals surface area contributed by atoms with Crippen molar-refractivity contribution < 1.29 is 4.79 Å². The SMILES string of the molecule is CC(NC(=O)c1cc(I)ccc1Br)C1CCCNC1. The molecule has 2 N–H and O–H groups in total. The summed E-state index contributed by atoms with van der Waals surface area (Å²) in [7, 11) is 0. The molecule has 2 rings (SSSR count). The lowest BCUT2D eigenvalue weighted by atomic mass is 9.92. The van der Waals surface area contributed by atoms with E-state index in [4.69, 9.17) is 0 Å². The Bertz CT molecular complexity index is 461. The van der Waals surface area contributed by atoms with E-state index < -0.39 is 0 Å². The Kier molecular flexibility index (Phi) is 5.65. The molecule has 1 aliphatic rings. The molecule has 0 spiro atoms. The standard InChI is InChI=1S/C14H18BrIN2O/c1-9(10-3-2-6-17-8-10)18-14(19)12-7-11(16)4-5-13(12)15/h4-5,7,9-10,17H,2-3,6,8H2,1H3,(H,18,19). The molecule has 5 heteroatoms. The maximum atomic E-state index is 12.3. The van der Waals surface area contributed by atoms with Crippen LogP contribution in [0.25, 0.3) is 0 Å².